The first kappa shape index (κ1) is 42.4. The molecule has 2 aliphatic rings. The Hall–Kier alpha value is -4.72. The highest BCUT2D eigenvalue weighted by atomic mass is 16.3. The van der Waals surface area contributed by atoms with Crippen LogP contribution in [0.15, 0.2) is 115 Å². The standard InChI is InChI=1S/C43H56O8/c1-26(2)13-9-15-28(5)17-11-19-30(7)21-23-32-36(44)40(48)34(41(49)37(32)45)25-35-42(50)38(46)33(39(47)43(35)51)24-22-31(8)20-12-18-29(6)16-10-14-27(3)4/h13-14,17-18,21-22,44,46,49,51H,9-12,15-16,19-20,23-25H2,1-8H3/b28-17+,29-18+,30-21+,31-22+. The number of aliphatic hydroxyl groups is 4. The molecule has 8 nitrogen and oxygen atoms in total. The van der Waals surface area contributed by atoms with Crippen LogP contribution in [0.1, 0.15) is 126 Å². The number of rotatable bonds is 18. The summed E-state index contributed by atoms with van der Waals surface area (Å²) in [6.07, 6.45) is 18.0. The highest BCUT2D eigenvalue weighted by Gasteiger charge is 2.39. The number of hydrogen-bond acceptors (Lipinski definition) is 8. The second-order valence-corrected chi connectivity index (χ2v) is 14.1. The molecule has 0 atom stereocenters. The molecule has 0 heterocycles. The van der Waals surface area contributed by atoms with Crippen LogP contribution in [0.4, 0.5) is 0 Å². The van der Waals surface area contributed by atoms with Crippen molar-refractivity contribution in [1.82, 2.24) is 0 Å². The van der Waals surface area contributed by atoms with Crippen LogP contribution in [0.25, 0.3) is 0 Å². The van der Waals surface area contributed by atoms with E-state index in [9.17, 15) is 39.6 Å². The molecule has 0 aromatic heterocycles. The maximum absolute atomic E-state index is 13.1. The fourth-order valence-electron chi connectivity index (χ4n) is 5.66. The van der Waals surface area contributed by atoms with Crippen LogP contribution in [0.2, 0.25) is 0 Å². The Kier molecular flexibility index (Phi) is 16.8. The highest BCUT2D eigenvalue weighted by Crippen LogP contribution is 2.33. The summed E-state index contributed by atoms with van der Waals surface area (Å²) in [6, 6.07) is 0. The molecule has 0 spiro atoms. The Bertz CT molecular complexity index is 1590. The zero-order valence-electron chi connectivity index (χ0n) is 31.7. The van der Waals surface area contributed by atoms with E-state index in [1.807, 2.05) is 13.8 Å². The van der Waals surface area contributed by atoms with Crippen LogP contribution in [0.3, 0.4) is 0 Å². The molecule has 4 N–H and O–H groups in total. The van der Waals surface area contributed by atoms with Crippen molar-refractivity contribution in [2.75, 3.05) is 0 Å². The Labute approximate surface area is 303 Å². The van der Waals surface area contributed by atoms with Crippen LogP contribution in [-0.2, 0) is 19.2 Å². The molecular weight excluding hydrogens is 644 g/mol. The lowest BCUT2D eigenvalue weighted by Crippen LogP contribution is -2.28. The van der Waals surface area contributed by atoms with Gasteiger partial charge < -0.3 is 20.4 Å². The average Bonchev–Trinajstić information content (AvgIpc) is 3.05. The van der Waals surface area contributed by atoms with Gasteiger partial charge >= 0.3 is 0 Å². The summed E-state index contributed by atoms with van der Waals surface area (Å²) in [5.41, 5.74) is 5.11. The molecule has 0 bridgehead atoms. The van der Waals surface area contributed by atoms with Gasteiger partial charge in [0.2, 0.25) is 23.1 Å². The smallest absolute Gasteiger partial charge is 0.227 e. The SMILES string of the molecule is CC(C)=CCC/C(C)=C/CC/C(C)=C/CC1=C(O)C(=O)C(CC2=C(O)C(=O)C(C/C=C(\C)CC/C=C(\C)CCC=C(C)C)=C(O)C2=O)=C(O)C1=O. The number of ketones is 4. The van der Waals surface area contributed by atoms with Crippen LogP contribution in [0, 0.1) is 0 Å². The van der Waals surface area contributed by atoms with Gasteiger partial charge in [0.1, 0.15) is 0 Å². The van der Waals surface area contributed by atoms with E-state index in [0.717, 1.165) is 49.7 Å². The van der Waals surface area contributed by atoms with Crippen molar-refractivity contribution in [3.8, 4) is 0 Å². The minimum absolute atomic E-state index is 0.0970. The van der Waals surface area contributed by atoms with Crippen LogP contribution in [-0.4, -0.2) is 43.6 Å². The van der Waals surface area contributed by atoms with Crippen molar-refractivity contribution in [3.05, 3.63) is 115 Å². The van der Waals surface area contributed by atoms with Crippen LogP contribution in [0.5, 0.6) is 0 Å². The van der Waals surface area contributed by atoms with Gasteiger partial charge in [0.25, 0.3) is 0 Å². The van der Waals surface area contributed by atoms with E-state index >= 15 is 0 Å². The van der Waals surface area contributed by atoms with E-state index in [0.29, 0.717) is 12.8 Å². The molecule has 0 saturated carbocycles. The van der Waals surface area contributed by atoms with E-state index in [-0.39, 0.29) is 24.0 Å². The molecule has 0 fully saturated rings. The molecule has 51 heavy (non-hydrogen) atoms. The second-order valence-electron chi connectivity index (χ2n) is 14.1. The first-order valence-electron chi connectivity index (χ1n) is 17.7. The van der Waals surface area contributed by atoms with E-state index in [4.69, 9.17) is 0 Å². The summed E-state index contributed by atoms with van der Waals surface area (Å²) in [7, 11) is 0. The lowest BCUT2D eigenvalue weighted by molar-refractivity contribution is -0.121. The molecule has 276 valence electrons. The summed E-state index contributed by atoms with van der Waals surface area (Å²) in [6.45, 7) is 16.2. The first-order chi connectivity index (χ1) is 24.0. The maximum atomic E-state index is 13.1. The molecule has 0 amide bonds. The average molecular weight is 701 g/mol. The molecule has 2 aliphatic carbocycles. The van der Waals surface area contributed by atoms with E-state index in [1.165, 1.54) is 22.3 Å². The van der Waals surface area contributed by atoms with Crippen molar-refractivity contribution < 1.29 is 39.6 Å². The lowest BCUT2D eigenvalue weighted by Gasteiger charge is -2.21. The van der Waals surface area contributed by atoms with Gasteiger partial charge in [0.15, 0.2) is 23.0 Å². The molecule has 0 saturated heterocycles. The van der Waals surface area contributed by atoms with Gasteiger partial charge in [0, 0.05) is 6.42 Å². The van der Waals surface area contributed by atoms with Crippen molar-refractivity contribution in [1.29, 1.82) is 0 Å². The largest absolute Gasteiger partial charge is 0.504 e. The number of hydrogen-bond donors (Lipinski definition) is 4. The summed E-state index contributed by atoms with van der Waals surface area (Å²) in [5.74, 6) is -7.90. The van der Waals surface area contributed by atoms with Crippen LogP contribution < -0.4 is 0 Å². The van der Waals surface area contributed by atoms with Gasteiger partial charge in [-0.25, -0.2) is 0 Å². The third-order valence-corrected chi connectivity index (χ3v) is 9.01. The van der Waals surface area contributed by atoms with Gasteiger partial charge in [-0.3, -0.25) is 19.2 Å². The van der Waals surface area contributed by atoms with Gasteiger partial charge in [-0.2, -0.15) is 0 Å². The molecule has 0 aromatic rings. The summed E-state index contributed by atoms with van der Waals surface area (Å²) >= 11 is 0. The Morgan fingerprint density at radius 1 is 0.392 bits per heavy atom. The number of Topliss-reactive ketones (excluding diaryl/α,β-unsaturated/α-hetero) is 4. The Morgan fingerprint density at radius 2 is 0.647 bits per heavy atom. The third kappa shape index (κ3) is 12.8. The van der Waals surface area contributed by atoms with Gasteiger partial charge in [-0.05, 0) is 120 Å². The quantitative estimate of drug-likeness (QED) is 0.0815. The minimum Gasteiger partial charge on any atom is -0.504 e. The molecular formula is C43H56O8. The van der Waals surface area contributed by atoms with Crippen molar-refractivity contribution >= 4 is 23.1 Å². The monoisotopic (exact) mass is 700 g/mol. The number of carbonyl (C=O) groups excluding carboxylic acids is 4. The fourth-order valence-corrected chi connectivity index (χ4v) is 5.66. The Balaban J connectivity index is 2.09. The topological polar surface area (TPSA) is 149 Å². The Morgan fingerprint density at radius 3 is 0.961 bits per heavy atom. The molecule has 0 radical (unpaired) electrons. The zero-order chi connectivity index (χ0) is 38.4. The summed E-state index contributed by atoms with van der Waals surface area (Å²) < 4.78 is 0. The number of aliphatic hydroxyl groups excluding tert-OH is 4. The van der Waals surface area contributed by atoms with Gasteiger partial charge in [-0.1, -0.05) is 69.9 Å². The fraction of sp³-hybridized carbons (Fsp3) is 0.442. The van der Waals surface area contributed by atoms with Gasteiger partial charge in [-0.15, -0.1) is 0 Å². The van der Waals surface area contributed by atoms with E-state index in [2.05, 4.69) is 65.8 Å². The van der Waals surface area contributed by atoms with E-state index < -0.39 is 63.7 Å². The summed E-state index contributed by atoms with van der Waals surface area (Å²) in [5, 5.41) is 42.8. The predicted octanol–water partition coefficient (Wildman–Crippen LogP) is 10.5. The number of carbonyl (C=O) groups is 4. The van der Waals surface area contributed by atoms with E-state index in [1.54, 1.807) is 12.2 Å². The summed E-state index contributed by atoms with van der Waals surface area (Å²) in [4.78, 5) is 52.3. The second kappa shape index (κ2) is 20.2. The lowest BCUT2D eigenvalue weighted by atomic mass is 9.83. The number of allylic oxidation sites excluding steroid dienone is 16. The maximum Gasteiger partial charge on any atom is 0.227 e. The molecule has 2 rings (SSSR count). The van der Waals surface area contributed by atoms with Gasteiger partial charge in [0.05, 0.1) is 22.3 Å². The zero-order valence-corrected chi connectivity index (χ0v) is 31.7. The van der Waals surface area contributed by atoms with Crippen molar-refractivity contribution in [3.63, 3.8) is 0 Å². The molecule has 8 heteroatoms. The molecule has 0 aliphatic heterocycles. The molecule has 0 unspecified atom stereocenters. The molecule has 0 aromatic carbocycles. The first-order valence-corrected chi connectivity index (χ1v) is 17.7. The predicted molar refractivity (Wildman–Crippen MR) is 203 cm³/mol. The third-order valence-electron chi connectivity index (χ3n) is 9.01. The minimum atomic E-state index is -1.10. The highest BCUT2D eigenvalue weighted by molar-refractivity contribution is 6.26. The van der Waals surface area contributed by atoms with Crippen molar-refractivity contribution in [2.24, 2.45) is 0 Å². The van der Waals surface area contributed by atoms with Crippen molar-refractivity contribution in [2.45, 2.75) is 126 Å². The van der Waals surface area contributed by atoms with Crippen LogP contribution >= 0.6 is 0 Å². The normalized spacial score (nSPS) is 16.9.